The summed E-state index contributed by atoms with van der Waals surface area (Å²) in [6, 6.07) is 5.41. The number of aliphatic hydroxyl groups is 1. The average molecular weight is 235 g/mol. The lowest BCUT2D eigenvalue weighted by Gasteiger charge is -2.17. The van der Waals surface area contributed by atoms with Gasteiger partial charge >= 0.3 is 0 Å². The molecule has 4 nitrogen and oxygen atoms in total. The highest BCUT2D eigenvalue weighted by molar-refractivity contribution is 5.94. The van der Waals surface area contributed by atoms with Gasteiger partial charge in [-0.2, -0.15) is 0 Å². The highest BCUT2D eigenvalue weighted by Crippen LogP contribution is 2.25. The van der Waals surface area contributed by atoms with Crippen molar-refractivity contribution >= 4 is 5.91 Å². The molecule has 0 aromatic heterocycles. The molecule has 1 aromatic carbocycles. The van der Waals surface area contributed by atoms with Crippen molar-refractivity contribution in [3.63, 3.8) is 0 Å². The molecule has 0 atom stereocenters. The first-order valence-corrected chi connectivity index (χ1v) is 5.72. The molecule has 2 N–H and O–H groups in total. The molecule has 0 radical (unpaired) electrons. The van der Waals surface area contributed by atoms with Crippen LogP contribution in [0, 0.1) is 0 Å². The summed E-state index contributed by atoms with van der Waals surface area (Å²) in [5, 5.41) is 12.2. The first kappa shape index (κ1) is 11.9. The van der Waals surface area contributed by atoms with Gasteiger partial charge in [-0.15, -0.1) is 0 Å². The Morgan fingerprint density at radius 1 is 1.53 bits per heavy atom. The second kappa shape index (κ2) is 4.37. The van der Waals surface area contributed by atoms with E-state index in [1.807, 2.05) is 12.1 Å². The highest BCUT2D eigenvalue weighted by atomic mass is 16.5. The fourth-order valence-corrected chi connectivity index (χ4v) is 1.73. The lowest BCUT2D eigenvalue weighted by atomic mass is 10.1. The van der Waals surface area contributed by atoms with Gasteiger partial charge in [0.15, 0.2) is 0 Å². The topological polar surface area (TPSA) is 58.6 Å². The molecule has 4 heteroatoms. The molecule has 17 heavy (non-hydrogen) atoms. The van der Waals surface area contributed by atoms with E-state index in [2.05, 4.69) is 5.32 Å². The summed E-state index contributed by atoms with van der Waals surface area (Å²) in [7, 11) is 0. The maximum Gasteiger partial charge on any atom is 0.251 e. The maximum atomic E-state index is 11.8. The van der Waals surface area contributed by atoms with Crippen molar-refractivity contribution in [2.45, 2.75) is 25.9 Å². The molecular formula is C13H17NO3. The molecular weight excluding hydrogens is 218 g/mol. The Morgan fingerprint density at radius 3 is 3.00 bits per heavy atom. The van der Waals surface area contributed by atoms with E-state index in [0.29, 0.717) is 12.2 Å². The largest absolute Gasteiger partial charge is 0.493 e. The van der Waals surface area contributed by atoms with E-state index in [0.717, 1.165) is 17.7 Å². The van der Waals surface area contributed by atoms with Gasteiger partial charge in [-0.1, -0.05) is 0 Å². The average Bonchev–Trinajstić information content (AvgIpc) is 2.71. The van der Waals surface area contributed by atoms with E-state index in [4.69, 9.17) is 4.74 Å². The van der Waals surface area contributed by atoms with Crippen LogP contribution in [0.15, 0.2) is 18.2 Å². The predicted molar refractivity (Wildman–Crippen MR) is 64.3 cm³/mol. The van der Waals surface area contributed by atoms with Gasteiger partial charge in [-0.25, -0.2) is 0 Å². The molecule has 1 aliphatic heterocycles. The molecule has 0 saturated carbocycles. The minimum absolute atomic E-state index is 0.165. The van der Waals surface area contributed by atoms with Gasteiger partial charge in [0.05, 0.1) is 12.2 Å². The molecule has 0 bridgehead atoms. The van der Waals surface area contributed by atoms with Gasteiger partial charge in [0.25, 0.3) is 5.91 Å². The lowest BCUT2D eigenvalue weighted by Crippen LogP contribution is -2.38. The highest BCUT2D eigenvalue weighted by Gasteiger charge is 2.17. The van der Waals surface area contributed by atoms with Gasteiger partial charge < -0.3 is 15.2 Å². The van der Waals surface area contributed by atoms with Crippen LogP contribution in [0.1, 0.15) is 29.8 Å². The van der Waals surface area contributed by atoms with Crippen LogP contribution in [0.5, 0.6) is 5.75 Å². The van der Waals surface area contributed by atoms with Gasteiger partial charge in [-0.3, -0.25) is 4.79 Å². The van der Waals surface area contributed by atoms with E-state index in [1.54, 1.807) is 19.9 Å². The fraction of sp³-hybridized carbons (Fsp3) is 0.462. The quantitative estimate of drug-likeness (QED) is 0.825. The number of fused-ring (bicyclic) bond motifs is 1. The minimum Gasteiger partial charge on any atom is -0.493 e. The molecule has 1 aromatic rings. The molecule has 0 saturated heterocycles. The van der Waals surface area contributed by atoms with E-state index in [1.165, 1.54) is 0 Å². The number of carbonyl (C=O) groups is 1. The predicted octanol–water partition coefficient (Wildman–Crippen LogP) is 1.12. The molecule has 92 valence electrons. The van der Waals surface area contributed by atoms with Crippen LogP contribution >= 0.6 is 0 Å². The van der Waals surface area contributed by atoms with Crippen LogP contribution in [0.4, 0.5) is 0 Å². The van der Waals surface area contributed by atoms with Crippen molar-refractivity contribution in [1.82, 2.24) is 5.32 Å². The maximum absolute atomic E-state index is 11.8. The first-order valence-electron chi connectivity index (χ1n) is 5.72. The number of hydrogen-bond acceptors (Lipinski definition) is 3. The third kappa shape index (κ3) is 2.97. The van der Waals surface area contributed by atoms with E-state index >= 15 is 0 Å². The number of hydrogen-bond donors (Lipinski definition) is 2. The Balaban J connectivity index is 2.05. The van der Waals surface area contributed by atoms with Crippen molar-refractivity contribution in [3.8, 4) is 5.75 Å². The number of ether oxygens (including phenoxy) is 1. The SMILES string of the molecule is CC(C)(O)CNC(=O)c1ccc2c(c1)CCO2. The number of rotatable bonds is 3. The summed E-state index contributed by atoms with van der Waals surface area (Å²) in [5.74, 6) is 0.700. The smallest absolute Gasteiger partial charge is 0.251 e. The molecule has 2 rings (SSSR count). The van der Waals surface area contributed by atoms with Crippen molar-refractivity contribution in [3.05, 3.63) is 29.3 Å². The summed E-state index contributed by atoms with van der Waals surface area (Å²) in [6.07, 6.45) is 0.849. The van der Waals surface area contributed by atoms with E-state index in [9.17, 15) is 9.90 Å². The molecule has 1 amide bonds. The van der Waals surface area contributed by atoms with Crippen LogP contribution in [0.3, 0.4) is 0 Å². The monoisotopic (exact) mass is 235 g/mol. The van der Waals surface area contributed by atoms with Gasteiger partial charge in [0, 0.05) is 18.5 Å². The summed E-state index contributed by atoms with van der Waals surface area (Å²) in [6.45, 7) is 4.23. The molecule has 1 heterocycles. The van der Waals surface area contributed by atoms with E-state index in [-0.39, 0.29) is 12.5 Å². The standard InChI is InChI=1S/C13H17NO3/c1-13(2,16)8-14-12(15)10-3-4-11-9(7-10)5-6-17-11/h3-4,7,16H,5-6,8H2,1-2H3,(H,14,15). The lowest BCUT2D eigenvalue weighted by molar-refractivity contribution is 0.0694. The van der Waals surface area contributed by atoms with Crippen LogP contribution in [-0.4, -0.2) is 29.8 Å². The summed E-state index contributed by atoms with van der Waals surface area (Å²) < 4.78 is 5.38. The zero-order chi connectivity index (χ0) is 12.5. The molecule has 0 fully saturated rings. The Morgan fingerprint density at radius 2 is 2.29 bits per heavy atom. The zero-order valence-corrected chi connectivity index (χ0v) is 10.1. The van der Waals surface area contributed by atoms with Gasteiger partial charge in [0.1, 0.15) is 5.75 Å². The summed E-state index contributed by atoms with van der Waals surface area (Å²) in [4.78, 5) is 11.8. The molecule has 0 spiro atoms. The number of amides is 1. The molecule has 1 aliphatic rings. The first-order chi connectivity index (χ1) is 7.96. The Hall–Kier alpha value is -1.55. The van der Waals surface area contributed by atoms with Crippen LogP contribution in [0.2, 0.25) is 0 Å². The fourth-order valence-electron chi connectivity index (χ4n) is 1.73. The second-order valence-corrected chi connectivity index (χ2v) is 4.92. The van der Waals surface area contributed by atoms with Gasteiger partial charge in [-0.05, 0) is 37.6 Å². The minimum atomic E-state index is -0.893. The van der Waals surface area contributed by atoms with Crippen molar-refractivity contribution < 1.29 is 14.6 Å². The Labute approximate surface area is 101 Å². The van der Waals surface area contributed by atoms with E-state index < -0.39 is 5.60 Å². The van der Waals surface area contributed by atoms with Crippen LogP contribution in [-0.2, 0) is 6.42 Å². The molecule has 0 unspecified atom stereocenters. The zero-order valence-electron chi connectivity index (χ0n) is 10.1. The number of benzene rings is 1. The Kier molecular flexibility index (Phi) is 3.07. The van der Waals surface area contributed by atoms with Gasteiger partial charge in [0.2, 0.25) is 0 Å². The summed E-state index contributed by atoms with van der Waals surface area (Å²) in [5.41, 5.74) is 0.787. The summed E-state index contributed by atoms with van der Waals surface area (Å²) >= 11 is 0. The van der Waals surface area contributed by atoms with Crippen molar-refractivity contribution in [2.75, 3.05) is 13.2 Å². The number of nitrogens with one attached hydrogen (secondary N) is 1. The van der Waals surface area contributed by atoms with Crippen molar-refractivity contribution in [2.24, 2.45) is 0 Å². The normalized spacial score (nSPS) is 14.1. The van der Waals surface area contributed by atoms with Crippen LogP contribution in [0.25, 0.3) is 0 Å². The molecule has 0 aliphatic carbocycles. The van der Waals surface area contributed by atoms with Crippen molar-refractivity contribution in [1.29, 1.82) is 0 Å². The third-order valence-electron chi connectivity index (χ3n) is 2.63. The number of carbonyl (C=O) groups excluding carboxylic acids is 1. The van der Waals surface area contributed by atoms with Crippen LogP contribution < -0.4 is 10.1 Å². The second-order valence-electron chi connectivity index (χ2n) is 4.92. The Bertz CT molecular complexity index is 435. The third-order valence-corrected chi connectivity index (χ3v) is 2.63.